The Morgan fingerprint density at radius 3 is 2.45 bits per heavy atom. The van der Waals surface area contributed by atoms with Crippen LogP contribution in [-0.2, 0) is 14.8 Å². The normalized spacial score (nSPS) is 14.7. The smallest absolute Gasteiger partial charge is 0.241 e. The van der Waals surface area contributed by atoms with Crippen LogP contribution in [-0.4, -0.2) is 61.0 Å². The highest BCUT2D eigenvalue weighted by molar-refractivity contribution is 7.88. The van der Waals surface area contributed by atoms with Gasteiger partial charge in [-0.2, -0.15) is 4.31 Å². The summed E-state index contributed by atoms with van der Waals surface area (Å²) in [6, 6.07) is 21.7. The summed E-state index contributed by atoms with van der Waals surface area (Å²) in [6.45, 7) is 2.26. The number of carbonyl (C=O) groups is 1. The van der Waals surface area contributed by atoms with E-state index in [1.807, 2.05) is 66.7 Å². The number of benzene rings is 3. The van der Waals surface area contributed by atoms with Gasteiger partial charge in [0.2, 0.25) is 21.9 Å². The van der Waals surface area contributed by atoms with Crippen LogP contribution in [0.5, 0.6) is 0 Å². The van der Waals surface area contributed by atoms with Crippen LogP contribution in [0.1, 0.15) is 5.56 Å². The van der Waals surface area contributed by atoms with E-state index in [-0.39, 0.29) is 0 Å². The van der Waals surface area contributed by atoms with Crippen LogP contribution in [0, 0.1) is 0 Å². The van der Waals surface area contributed by atoms with Gasteiger partial charge in [0.05, 0.1) is 11.8 Å². The lowest BCUT2D eigenvalue weighted by Gasteiger charge is -2.34. The van der Waals surface area contributed by atoms with Crippen molar-refractivity contribution < 1.29 is 13.2 Å². The zero-order valence-electron chi connectivity index (χ0n) is 20.9. The summed E-state index contributed by atoms with van der Waals surface area (Å²) in [4.78, 5) is 22.6. The molecule has 0 spiro atoms. The molecule has 194 valence electrons. The predicted molar refractivity (Wildman–Crippen MR) is 152 cm³/mol. The minimum absolute atomic E-state index is 0.476. The minimum atomic E-state index is -3.15. The first kappa shape index (κ1) is 25.4. The van der Waals surface area contributed by atoms with Crippen molar-refractivity contribution in [1.82, 2.24) is 14.3 Å². The van der Waals surface area contributed by atoms with E-state index in [0.717, 1.165) is 39.0 Å². The molecule has 10 heteroatoms. The van der Waals surface area contributed by atoms with E-state index in [0.29, 0.717) is 32.1 Å². The molecule has 0 bridgehead atoms. The van der Waals surface area contributed by atoms with Gasteiger partial charge in [0.25, 0.3) is 0 Å². The number of sulfonamides is 1. The fourth-order valence-electron chi connectivity index (χ4n) is 4.50. The third-order valence-electron chi connectivity index (χ3n) is 6.44. The Labute approximate surface area is 221 Å². The first-order valence-electron chi connectivity index (χ1n) is 12.2. The molecule has 1 aromatic heterocycles. The monoisotopic (exact) mass is 528 g/mol. The summed E-state index contributed by atoms with van der Waals surface area (Å²) < 4.78 is 25.0. The average molecular weight is 529 g/mol. The third kappa shape index (κ3) is 5.82. The van der Waals surface area contributed by atoms with Gasteiger partial charge in [0.1, 0.15) is 0 Å². The molecule has 1 aliphatic rings. The maximum absolute atomic E-state index is 11.8. The second kappa shape index (κ2) is 10.6. The summed E-state index contributed by atoms with van der Waals surface area (Å²) >= 11 is 0. The van der Waals surface area contributed by atoms with Gasteiger partial charge in [-0.25, -0.2) is 18.4 Å². The number of piperazine rings is 1. The number of hydrogen-bond acceptors (Lipinski definition) is 7. The zero-order valence-corrected chi connectivity index (χ0v) is 21.7. The van der Waals surface area contributed by atoms with Gasteiger partial charge in [-0.1, -0.05) is 36.4 Å². The SMILES string of the molecule is CS(=O)(=O)N1CCN(c2ccc(Nc3ncc4cccc(-c5cccc(C=CC(N)=O)c5)c4n3)cc2)CC1. The highest BCUT2D eigenvalue weighted by Crippen LogP contribution is 2.29. The van der Waals surface area contributed by atoms with Crippen molar-refractivity contribution in [2.75, 3.05) is 42.7 Å². The van der Waals surface area contributed by atoms with Crippen LogP contribution in [0.15, 0.2) is 79.0 Å². The molecule has 5 rings (SSSR count). The maximum atomic E-state index is 11.8. The number of fused-ring (bicyclic) bond motifs is 1. The number of nitrogens with two attached hydrogens (primary N) is 1. The molecule has 2 heterocycles. The van der Waals surface area contributed by atoms with Crippen molar-refractivity contribution in [2.24, 2.45) is 5.73 Å². The van der Waals surface area contributed by atoms with E-state index in [2.05, 4.69) is 15.2 Å². The quantitative estimate of drug-likeness (QED) is 0.351. The van der Waals surface area contributed by atoms with Crippen molar-refractivity contribution in [3.8, 4) is 11.1 Å². The fourth-order valence-corrected chi connectivity index (χ4v) is 5.33. The van der Waals surface area contributed by atoms with E-state index < -0.39 is 15.9 Å². The van der Waals surface area contributed by atoms with Gasteiger partial charge < -0.3 is 16.0 Å². The Morgan fingerprint density at radius 2 is 1.74 bits per heavy atom. The van der Waals surface area contributed by atoms with Crippen molar-refractivity contribution in [2.45, 2.75) is 0 Å². The Balaban J connectivity index is 1.35. The largest absolute Gasteiger partial charge is 0.369 e. The minimum Gasteiger partial charge on any atom is -0.369 e. The number of nitrogens with zero attached hydrogens (tertiary/aromatic N) is 4. The molecule has 0 atom stereocenters. The van der Waals surface area contributed by atoms with E-state index >= 15 is 0 Å². The maximum Gasteiger partial charge on any atom is 0.241 e. The number of carbonyl (C=O) groups excluding carboxylic acids is 1. The molecule has 1 fully saturated rings. The number of rotatable bonds is 7. The first-order valence-corrected chi connectivity index (χ1v) is 14.0. The molecule has 1 aliphatic heterocycles. The Morgan fingerprint density at radius 1 is 1.00 bits per heavy atom. The summed E-state index contributed by atoms with van der Waals surface area (Å²) in [6.07, 6.45) is 6.07. The van der Waals surface area contributed by atoms with Gasteiger partial charge in [-0.3, -0.25) is 4.79 Å². The molecule has 3 N–H and O–H groups in total. The molecule has 4 aromatic rings. The molecule has 0 unspecified atom stereocenters. The van der Waals surface area contributed by atoms with Gasteiger partial charge in [0.15, 0.2) is 0 Å². The van der Waals surface area contributed by atoms with Crippen molar-refractivity contribution in [3.05, 3.63) is 84.6 Å². The zero-order chi connectivity index (χ0) is 26.7. The molecule has 9 nitrogen and oxygen atoms in total. The third-order valence-corrected chi connectivity index (χ3v) is 7.75. The van der Waals surface area contributed by atoms with Gasteiger partial charge in [-0.15, -0.1) is 0 Å². The van der Waals surface area contributed by atoms with E-state index in [1.54, 1.807) is 12.3 Å². The standard InChI is InChI=1S/C28H28N6O3S/c1-38(36,37)34-16-14-33(15-17-34)24-11-9-23(10-12-24)31-28-30-19-22-6-3-7-25(27(22)32-28)21-5-2-4-20(18-21)8-13-26(29)35/h2-13,18-19H,14-17H2,1H3,(H2,29,35)(H,30,31,32). The number of nitrogens with one attached hydrogen (secondary N) is 1. The number of primary amides is 1. The molecule has 3 aromatic carbocycles. The molecular weight excluding hydrogens is 500 g/mol. The van der Waals surface area contributed by atoms with Crippen molar-refractivity contribution in [1.29, 1.82) is 0 Å². The summed E-state index contributed by atoms with van der Waals surface area (Å²) in [5.74, 6) is -0.0178. The Kier molecular flexibility index (Phi) is 7.08. The van der Waals surface area contributed by atoms with Gasteiger partial charge >= 0.3 is 0 Å². The molecule has 0 radical (unpaired) electrons. The molecule has 1 amide bonds. The molecule has 0 aliphatic carbocycles. The van der Waals surface area contributed by atoms with Crippen LogP contribution < -0.4 is 16.0 Å². The number of para-hydroxylation sites is 1. The summed E-state index contributed by atoms with van der Waals surface area (Å²) in [5, 5.41) is 4.20. The number of amides is 1. The highest BCUT2D eigenvalue weighted by atomic mass is 32.2. The van der Waals surface area contributed by atoms with E-state index in [4.69, 9.17) is 10.7 Å². The van der Waals surface area contributed by atoms with Crippen molar-refractivity contribution >= 4 is 50.2 Å². The number of anilines is 3. The van der Waals surface area contributed by atoms with Gasteiger partial charge in [0, 0.05) is 60.8 Å². The first-order chi connectivity index (χ1) is 18.3. The average Bonchev–Trinajstić information content (AvgIpc) is 2.92. The molecular formula is C28H28N6O3S. The van der Waals surface area contributed by atoms with Crippen LogP contribution in [0.2, 0.25) is 0 Å². The van der Waals surface area contributed by atoms with Gasteiger partial charge in [-0.05, 0) is 47.5 Å². The lowest BCUT2D eigenvalue weighted by atomic mass is 10.0. The van der Waals surface area contributed by atoms with E-state index in [1.165, 1.54) is 16.6 Å². The highest BCUT2D eigenvalue weighted by Gasteiger charge is 2.23. The molecule has 38 heavy (non-hydrogen) atoms. The topological polar surface area (TPSA) is 122 Å². The lowest BCUT2D eigenvalue weighted by Crippen LogP contribution is -2.48. The lowest BCUT2D eigenvalue weighted by molar-refractivity contribution is -0.113. The summed E-state index contributed by atoms with van der Waals surface area (Å²) in [5.41, 5.74) is 10.7. The number of aromatic nitrogens is 2. The predicted octanol–water partition coefficient (Wildman–Crippen LogP) is 3.62. The van der Waals surface area contributed by atoms with Crippen LogP contribution in [0.4, 0.5) is 17.3 Å². The fraction of sp³-hybridized carbons (Fsp3) is 0.179. The Bertz CT molecular complexity index is 1610. The Hall–Kier alpha value is -4.28. The number of hydrogen-bond donors (Lipinski definition) is 2. The van der Waals surface area contributed by atoms with Crippen LogP contribution >= 0.6 is 0 Å². The summed E-state index contributed by atoms with van der Waals surface area (Å²) in [7, 11) is -3.15. The van der Waals surface area contributed by atoms with Crippen LogP contribution in [0.3, 0.4) is 0 Å². The van der Waals surface area contributed by atoms with Crippen molar-refractivity contribution in [3.63, 3.8) is 0 Å². The van der Waals surface area contributed by atoms with Crippen LogP contribution in [0.25, 0.3) is 28.1 Å². The van der Waals surface area contributed by atoms with E-state index in [9.17, 15) is 13.2 Å². The molecule has 1 saturated heterocycles. The second-order valence-electron chi connectivity index (χ2n) is 9.12. The molecule has 0 saturated carbocycles. The second-order valence-corrected chi connectivity index (χ2v) is 11.1.